The number of hydrogen-bond acceptors (Lipinski definition) is 3. The van der Waals surface area contributed by atoms with Crippen molar-refractivity contribution in [1.29, 1.82) is 0 Å². The van der Waals surface area contributed by atoms with E-state index in [0.29, 0.717) is 12.5 Å². The maximum Gasteiger partial charge on any atom is 0.236 e. The van der Waals surface area contributed by atoms with Crippen LogP contribution >= 0.6 is 11.6 Å². The molecule has 0 atom stereocenters. The molecule has 2 saturated heterocycles. The number of piperidine rings is 1. The highest BCUT2D eigenvalue weighted by Crippen LogP contribution is 2.21. The van der Waals surface area contributed by atoms with Gasteiger partial charge in [-0.25, -0.2) is 0 Å². The zero-order valence-electron chi connectivity index (χ0n) is 14.0. The molecule has 0 bridgehead atoms. The monoisotopic (exact) mass is 348 g/mol. The topological polar surface area (TPSA) is 32.8 Å². The number of likely N-dealkylation sites (tertiary alicyclic amines) is 1. The summed E-state index contributed by atoms with van der Waals surface area (Å²) >= 11 is 6.01. The minimum Gasteiger partial charge on any atom is -0.379 e. The highest BCUT2D eigenvalue weighted by molar-refractivity contribution is 6.30. The van der Waals surface area contributed by atoms with Crippen LogP contribution in [0.15, 0.2) is 30.3 Å². The van der Waals surface area contributed by atoms with Gasteiger partial charge < -0.3 is 9.64 Å². The highest BCUT2D eigenvalue weighted by Gasteiger charge is 2.23. The van der Waals surface area contributed by atoms with Gasteiger partial charge in [0.25, 0.3) is 0 Å². The fourth-order valence-electron chi connectivity index (χ4n) is 3.25. The third kappa shape index (κ3) is 5.07. The van der Waals surface area contributed by atoms with E-state index in [0.717, 1.165) is 62.8 Å². The van der Waals surface area contributed by atoms with Crippen LogP contribution in [-0.2, 0) is 9.53 Å². The second-order valence-electron chi connectivity index (χ2n) is 6.52. The minimum atomic E-state index is 0.258. The lowest BCUT2D eigenvalue weighted by Crippen LogP contribution is -2.46. The first-order valence-corrected chi connectivity index (χ1v) is 9.10. The number of carbonyl (C=O) groups excluding carboxylic acids is 1. The smallest absolute Gasteiger partial charge is 0.236 e. The van der Waals surface area contributed by atoms with Crippen LogP contribution in [0.5, 0.6) is 0 Å². The molecule has 0 saturated carbocycles. The van der Waals surface area contributed by atoms with E-state index in [4.69, 9.17) is 16.3 Å². The summed E-state index contributed by atoms with van der Waals surface area (Å²) < 4.78 is 5.33. The van der Waals surface area contributed by atoms with Gasteiger partial charge in [-0.2, -0.15) is 0 Å². The van der Waals surface area contributed by atoms with Crippen LogP contribution in [0.1, 0.15) is 18.4 Å². The Labute approximate surface area is 149 Å². The average Bonchev–Trinajstić information content (AvgIpc) is 2.61. The second-order valence-corrected chi connectivity index (χ2v) is 6.96. The van der Waals surface area contributed by atoms with Gasteiger partial charge in [0.2, 0.25) is 5.91 Å². The van der Waals surface area contributed by atoms with Crippen molar-refractivity contribution < 1.29 is 9.53 Å². The quantitative estimate of drug-likeness (QED) is 0.838. The summed E-state index contributed by atoms with van der Waals surface area (Å²) in [6, 6.07) is 7.88. The van der Waals surface area contributed by atoms with Gasteiger partial charge >= 0.3 is 0 Å². The molecular formula is C19H25ClN2O2. The van der Waals surface area contributed by atoms with Crippen molar-refractivity contribution in [2.24, 2.45) is 5.92 Å². The molecule has 0 N–H and O–H groups in total. The van der Waals surface area contributed by atoms with E-state index in [1.165, 1.54) is 0 Å². The summed E-state index contributed by atoms with van der Waals surface area (Å²) in [5, 5.41) is 0.765. The lowest BCUT2D eigenvalue weighted by Gasteiger charge is -2.33. The first-order valence-electron chi connectivity index (χ1n) is 8.72. The van der Waals surface area contributed by atoms with E-state index >= 15 is 0 Å². The number of ether oxygens (including phenoxy) is 1. The summed E-state index contributed by atoms with van der Waals surface area (Å²) in [4.78, 5) is 16.6. The molecule has 2 aliphatic rings. The Balaban J connectivity index is 1.44. The summed E-state index contributed by atoms with van der Waals surface area (Å²) in [6.45, 7) is 5.45. The Kier molecular flexibility index (Phi) is 6.30. The first kappa shape index (κ1) is 17.5. The SMILES string of the molecule is O=C(CN1CCOCC1)N1CCC(C=Cc2cccc(Cl)c2)CC1. The van der Waals surface area contributed by atoms with Crippen LogP contribution < -0.4 is 0 Å². The van der Waals surface area contributed by atoms with Crippen LogP contribution in [-0.4, -0.2) is 61.6 Å². The fourth-order valence-corrected chi connectivity index (χ4v) is 3.45. The molecule has 0 radical (unpaired) electrons. The summed E-state index contributed by atoms with van der Waals surface area (Å²) in [6.07, 6.45) is 6.47. The molecule has 3 rings (SSSR count). The number of morpholine rings is 1. The molecule has 24 heavy (non-hydrogen) atoms. The van der Waals surface area contributed by atoms with Gasteiger partial charge in [0.05, 0.1) is 19.8 Å². The Morgan fingerprint density at radius 1 is 1.21 bits per heavy atom. The Bertz CT molecular complexity index is 576. The molecule has 1 aromatic carbocycles. The molecule has 0 spiro atoms. The predicted octanol–water partition coefficient (Wildman–Crippen LogP) is 2.92. The Hall–Kier alpha value is -1.36. The Morgan fingerprint density at radius 2 is 1.96 bits per heavy atom. The predicted molar refractivity (Wildman–Crippen MR) is 97.0 cm³/mol. The maximum absolute atomic E-state index is 12.4. The number of benzene rings is 1. The standard InChI is InChI=1S/C19H25ClN2O2/c20-18-3-1-2-17(14-18)5-4-16-6-8-22(9-7-16)19(23)15-21-10-12-24-13-11-21/h1-5,14,16H,6-13,15H2. The van der Waals surface area contributed by atoms with Crippen molar-refractivity contribution in [2.45, 2.75) is 12.8 Å². The summed E-state index contributed by atoms with van der Waals surface area (Å²) in [5.74, 6) is 0.797. The number of halogens is 1. The first-order chi connectivity index (χ1) is 11.7. The van der Waals surface area contributed by atoms with E-state index in [9.17, 15) is 4.79 Å². The van der Waals surface area contributed by atoms with Gasteiger partial charge in [-0.15, -0.1) is 0 Å². The molecule has 2 heterocycles. The van der Waals surface area contributed by atoms with Crippen LogP contribution in [0, 0.1) is 5.92 Å². The summed E-state index contributed by atoms with van der Waals surface area (Å²) in [5.41, 5.74) is 1.13. The van der Waals surface area contributed by atoms with Crippen LogP contribution in [0.25, 0.3) is 6.08 Å². The van der Waals surface area contributed by atoms with Crippen molar-refractivity contribution in [3.8, 4) is 0 Å². The zero-order chi connectivity index (χ0) is 16.8. The molecule has 0 unspecified atom stereocenters. The number of rotatable bonds is 4. The molecule has 2 aliphatic heterocycles. The van der Waals surface area contributed by atoms with Gasteiger partial charge in [-0.05, 0) is 36.5 Å². The van der Waals surface area contributed by atoms with Crippen LogP contribution in [0.2, 0.25) is 5.02 Å². The van der Waals surface area contributed by atoms with E-state index in [2.05, 4.69) is 23.1 Å². The number of hydrogen-bond donors (Lipinski definition) is 0. The van der Waals surface area contributed by atoms with Crippen molar-refractivity contribution >= 4 is 23.6 Å². The maximum atomic E-state index is 12.4. The Morgan fingerprint density at radius 3 is 2.67 bits per heavy atom. The number of carbonyl (C=O) groups is 1. The third-order valence-electron chi connectivity index (χ3n) is 4.76. The molecule has 5 heteroatoms. The molecule has 1 aromatic rings. The molecule has 0 aliphatic carbocycles. The molecule has 4 nitrogen and oxygen atoms in total. The van der Waals surface area contributed by atoms with Gasteiger partial charge in [-0.3, -0.25) is 9.69 Å². The largest absolute Gasteiger partial charge is 0.379 e. The zero-order valence-corrected chi connectivity index (χ0v) is 14.8. The molecule has 1 amide bonds. The normalized spacial score (nSPS) is 20.6. The van der Waals surface area contributed by atoms with Gasteiger partial charge in [0.15, 0.2) is 0 Å². The van der Waals surface area contributed by atoms with E-state index in [1.54, 1.807) is 0 Å². The van der Waals surface area contributed by atoms with E-state index in [-0.39, 0.29) is 5.91 Å². The second kappa shape index (κ2) is 8.65. The lowest BCUT2D eigenvalue weighted by molar-refractivity contribution is -0.134. The number of allylic oxidation sites excluding steroid dienone is 1. The number of amides is 1. The molecule has 130 valence electrons. The third-order valence-corrected chi connectivity index (χ3v) is 5.00. The average molecular weight is 349 g/mol. The van der Waals surface area contributed by atoms with Crippen molar-refractivity contribution in [3.63, 3.8) is 0 Å². The van der Waals surface area contributed by atoms with Crippen molar-refractivity contribution in [3.05, 3.63) is 40.9 Å². The highest BCUT2D eigenvalue weighted by atomic mass is 35.5. The van der Waals surface area contributed by atoms with E-state index < -0.39 is 0 Å². The van der Waals surface area contributed by atoms with Gasteiger partial charge in [-0.1, -0.05) is 35.9 Å². The lowest BCUT2D eigenvalue weighted by atomic mass is 9.95. The van der Waals surface area contributed by atoms with Crippen molar-refractivity contribution in [2.75, 3.05) is 45.9 Å². The van der Waals surface area contributed by atoms with E-state index in [1.807, 2.05) is 23.1 Å². The van der Waals surface area contributed by atoms with Crippen LogP contribution in [0.4, 0.5) is 0 Å². The minimum absolute atomic E-state index is 0.258. The molecule has 0 aromatic heterocycles. The van der Waals surface area contributed by atoms with Crippen molar-refractivity contribution in [1.82, 2.24) is 9.80 Å². The molecular weight excluding hydrogens is 324 g/mol. The molecule has 2 fully saturated rings. The van der Waals surface area contributed by atoms with Crippen LogP contribution in [0.3, 0.4) is 0 Å². The summed E-state index contributed by atoms with van der Waals surface area (Å²) in [7, 11) is 0. The van der Waals surface area contributed by atoms with Gasteiger partial charge in [0.1, 0.15) is 0 Å². The van der Waals surface area contributed by atoms with Gasteiger partial charge in [0, 0.05) is 31.2 Å². The number of nitrogens with zero attached hydrogens (tertiary/aromatic N) is 2. The fraction of sp³-hybridized carbons (Fsp3) is 0.526.